The van der Waals surface area contributed by atoms with E-state index in [-0.39, 0.29) is 19.5 Å². The summed E-state index contributed by atoms with van der Waals surface area (Å²) in [6.45, 7) is 0. The van der Waals surface area contributed by atoms with E-state index in [0.29, 0.717) is 0 Å². The maximum absolute atomic E-state index is 10.7. The summed E-state index contributed by atoms with van der Waals surface area (Å²) in [5, 5.41) is 0. The van der Waals surface area contributed by atoms with Crippen LogP contribution in [0.5, 0.6) is 0 Å². The molecule has 6 heterocycles. The molecule has 0 bridgehead atoms. The molecule has 6 rings (SSSR count). The monoisotopic (exact) mass is 849 g/mol. The number of H-pyrrole nitrogens is 1. The van der Waals surface area contributed by atoms with Gasteiger partial charge in [-0.1, -0.05) is 30.3 Å². The van der Waals surface area contributed by atoms with E-state index in [1.54, 1.807) is 43.5 Å². The van der Waals surface area contributed by atoms with Gasteiger partial charge in [0.25, 0.3) is 0 Å². The maximum Gasteiger partial charge on any atom is 2.00 e. The molecule has 6 aromatic heterocycles. The number of pyridine rings is 5. The molecule has 22 heteroatoms. The standard InChI is InChI=1S/C15H11N3.C10H8N2.C3H4N2.2F6P.Ru/c1-3-10-16-12(6-1)14-8-5-9-15(18-14)13-7-2-4-11-17-13;1-3-7-11-9(5-1)10-6-2-4-8-12-10;1-2-5-3-4-1;2*1-7(2,3,4,5)6;/h1-11H;1-8H;1-3H,(H,4,5);;;/q;;;2*-1;+2. The van der Waals surface area contributed by atoms with Crippen LogP contribution in [0.3, 0.4) is 0 Å². The van der Waals surface area contributed by atoms with Crippen molar-refractivity contribution in [3.05, 3.63) is 135 Å². The van der Waals surface area contributed by atoms with Gasteiger partial charge in [-0.25, -0.2) is 9.97 Å². The van der Waals surface area contributed by atoms with Crippen LogP contribution in [0.15, 0.2) is 135 Å². The van der Waals surface area contributed by atoms with Crippen molar-refractivity contribution in [2.45, 2.75) is 0 Å². The number of aromatic nitrogens is 7. The predicted octanol–water partition coefficient (Wildman–Crippen LogP) is 12.5. The number of hydrogen-bond donors (Lipinski definition) is 1. The Balaban J connectivity index is 0.000000339. The summed E-state index contributed by atoms with van der Waals surface area (Å²) in [4.78, 5) is 28.0. The number of halogens is 12. The zero-order chi connectivity index (χ0) is 36.8. The number of rotatable bonds is 3. The van der Waals surface area contributed by atoms with E-state index < -0.39 is 15.6 Å². The molecule has 0 radical (unpaired) electrons. The third-order valence-electron chi connectivity index (χ3n) is 4.60. The molecule has 0 saturated heterocycles. The van der Waals surface area contributed by atoms with Gasteiger partial charge in [-0.05, 0) is 60.7 Å². The second-order valence-corrected chi connectivity index (χ2v) is 12.8. The molecular weight excluding hydrogens is 825 g/mol. The smallest absolute Gasteiger partial charge is 0.351 e. The summed E-state index contributed by atoms with van der Waals surface area (Å²) >= 11 is 0. The van der Waals surface area contributed by atoms with Crippen molar-refractivity contribution in [3.8, 4) is 34.2 Å². The van der Waals surface area contributed by atoms with Gasteiger partial charge < -0.3 is 4.98 Å². The van der Waals surface area contributed by atoms with Gasteiger partial charge in [0, 0.05) is 37.2 Å². The van der Waals surface area contributed by atoms with Crippen molar-refractivity contribution in [2.75, 3.05) is 0 Å². The van der Waals surface area contributed by atoms with Crippen molar-refractivity contribution in [3.63, 3.8) is 0 Å². The SMILES string of the molecule is F[P-](F)(F)(F)(F)F.F[P-](F)(F)(F)(F)F.[Ru+2].c1c[nH]cn1.c1ccc(-c2cccc(-c3ccccn3)n2)nc1.c1ccc(-c2ccccn2)nc1. The van der Waals surface area contributed by atoms with Gasteiger partial charge in [0.15, 0.2) is 0 Å². The van der Waals surface area contributed by atoms with Crippen molar-refractivity contribution >= 4 is 15.6 Å². The molecule has 50 heavy (non-hydrogen) atoms. The molecule has 1 N–H and O–H groups in total. The molecule has 0 aliphatic carbocycles. The average molecular weight is 849 g/mol. The summed E-state index contributed by atoms with van der Waals surface area (Å²) in [7, 11) is -21.3. The number of nitrogens with one attached hydrogen (secondary N) is 1. The van der Waals surface area contributed by atoms with Crippen molar-refractivity contribution in [1.82, 2.24) is 34.9 Å². The number of imidazole rings is 1. The topological polar surface area (TPSA) is 93.1 Å². The van der Waals surface area contributed by atoms with Crippen LogP contribution in [0.4, 0.5) is 50.4 Å². The Kier molecular flexibility index (Phi) is 14.0. The Hall–Kier alpha value is -4.40. The summed E-state index contributed by atoms with van der Waals surface area (Å²) in [6, 6.07) is 29.1. The molecule has 6 aromatic rings. The van der Waals surface area contributed by atoms with E-state index in [1.165, 1.54) is 0 Å². The van der Waals surface area contributed by atoms with Crippen molar-refractivity contribution in [2.24, 2.45) is 0 Å². The fourth-order valence-corrected chi connectivity index (χ4v) is 2.99. The first-order valence-electron chi connectivity index (χ1n) is 13.0. The van der Waals surface area contributed by atoms with Gasteiger partial charge in [-0.2, -0.15) is 0 Å². The average Bonchev–Trinajstić information content (AvgIpc) is 3.61. The molecule has 0 fully saturated rings. The molecule has 0 aliphatic heterocycles. The summed E-state index contributed by atoms with van der Waals surface area (Å²) in [5.41, 5.74) is 5.29. The van der Waals surface area contributed by atoms with Gasteiger partial charge in [-0.15, -0.1) is 0 Å². The molecule has 0 spiro atoms. The van der Waals surface area contributed by atoms with Crippen LogP contribution >= 0.6 is 15.6 Å². The Morgan fingerprint density at radius 2 is 0.660 bits per heavy atom. The molecular formula is C28H23F12N7P2Ru. The van der Waals surface area contributed by atoms with Crippen LogP contribution in [0.1, 0.15) is 0 Å². The zero-order valence-corrected chi connectivity index (χ0v) is 28.2. The molecule has 7 nitrogen and oxygen atoms in total. The minimum atomic E-state index is -10.7. The molecule has 0 aliphatic rings. The van der Waals surface area contributed by atoms with Crippen LogP contribution in [-0.2, 0) is 19.5 Å². The van der Waals surface area contributed by atoms with Crippen LogP contribution in [0.2, 0.25) is 0 Å². The van der Waals surface area contributed by atoms with Crippen molar-refractivity contribution in [1.29, 1.82) is 0 Å². The second kappa shape index (κ2) is 16.1. The number of aromatic amines is 1. The molecule has 0 amide bonds. The Bertz CT molecular complexity index is 1670. The minimum absolute atomic E-state index is 0. The first-order chi connectivity index (χ1) is 22.3. The van der Waals surface area contributed by atoms with E-state index >= 15 is 0 Å². The second-order valence-electron chi connectivity index (χ2n) is 8.95. The first-order valence-corrected chi connectivity index (χ1v) is 17.0. The van der Waals surface area contributed by atoms with Gasteiger partial charge in [0.05, 0.1) is 40.5 Å². The Morgan fingerprint density at radius 3 is 0.860 bits per heavy atom. The molecule has 272 valence electrons. The number of nitrogens with zero attached hydrogens (tertiary/aromatic N) is 6. The van der Waals surface area contributed by atoms with E-state index in [1.807, 2.05) is 91.0 Å². The van der Waals surface area contributed by atoms with Crippen LogP contribution in [0, 0.1) is 0 Å². The first kappa shape index (κ1) is 43.6. The molecule has 0 aromatic carbocycles. The van der Waals surface area contributed by atoms with Crippen LogP contribution in [0.25, 0.3) is 34.2 Å². The summed E-state index contributed by atoms with van der Waals surface area (Å²) in [6.07, 6.45) is 12.2. The van der Waals surface area contributed by atoms with Crippen LogP contribution < -0.4 is 0 Å². The van der Waals surface area contributed by atoms with Gasteiger partial charge in [0.1, 0.15) is 0 Å². The maximum atomic E-state index is 9.87. The number of hydrogen-bond acceptors (Lipinski definition) is 6. The molecule has 0 saturated carbocycles. The fourth-order valence-electron chi connectivity index (χ4n) is 2.99. The largest absolute Gasteiger partial charge is 2.00 e. The quantitative estimate of drug-likeness (QED) is 0.108. The van der Waals surface area contributed by atoms with Gasteiger partial charge >= 0.3 is 85.5 Å². The third-order valence-corrected chi connectivity index (χ3v) is 4.60. The zero-order valence-electron chi connectivity index (χ0n) is 24.7. The van der Waals surface area contributed by atoms with E-state index in [2.05, 4.69) is 34.9 Å². The Labute approximate surface area is 288 Å². The van der Waals surface area contributed by atoms with Crippen LogP contribution in [-0.4, -0.2) is 34.9 Å². The molecule has 0 unspecified atom stereocenters. The summed E-state index contributed by atoms with van der Waals surface area (Å²) in [5.74, 6) is 0. The van der Waals surface area contributed by atoms with E-state index in [4.69, 9.17) is 0 Å². The molecule has 0 atom stereocenters. The van der Waals surface area contributed by atoms with E-state index in [9.17, 15) is 50.4 Å². The normalized spacial score (nSPS) is 13.3. The van der Waals surface area contributed by atoms with Gasteiger partial charge in [0.2, 0.25) is 0 Å². The third kappa shape index (κ3) is 26.5. The summed E-state index contributed by atoms with van der Waals surface area (Å²) < 4.78 is 118. The Morgan fingerprint density at radius 1 is 0.380 bits per heavy atom. The van der Waals surface area contributed by atoms with Gasteiger partial charge in [-0.3, -0.25) is 19.9 Å². The fraction of sp³-hybridized carbons (Fsp3) is 0. The van der Waals surface area contributed by atoms with Crippen molar-refractivity contribution < 1.29 is 69.8 Å². The minimum Gasteiger partial charge on any atom is -0.351 e. The van der Waals surface area contributed by atoms with E-state index in [0.717, 1.165) is 34.2 Å². The predicted molar refractivity (Wildman–Crippen MR) is 164 cm³/mol.